The minimum Gasteiger partial charge on any atom is -0.497 e. The van der Waals surface area contributed by atoms with E-state index in [9.17, 15) is 0 Å². The van der Waals surface area contributed by atoms with E-state index in [0.29, 0.717) is 17.0 Å². The highest BCUT2D eigenvalue weighted by Gasteiger charge is 2.18. The molecule has 8 aromatic carbocycles. The number of benzene rings is 8. The Morgan fingerprint density at radius 1 is 0.429 bits per heavy atom. The molecule has 25 heteroatoms. The molecule has 9 rings (SSSR count). The number of thioether (sulfide) groups is 3. The number of ether oxygens (including phenoxy) is 1. The summed E-state index contributed by atoms with van der Waals surface area (Å²) < 4.78 is 4.98. The summed E-state index contributed by atoms with van der Waals surface area (Å²) in [6.07, 6.45) is 8.53. The van der Waals surface area contributed by atoms with Crippen LogP contribution in [0.2, 0.25) is 5.02 Å². The monoisotopic (exact) mass is 1550 g/mol. The zero-order valence-electron chi connectivity index (χ0n) is 55.0. The van der Waals surface area contributed by atoms with Crippen LogP contribution in [0, 0.1) is 19.8 Å². The van der Waals surface area contributed by atoms with Crippen LogP contribution in [-0.2, 0) is 0 Å². The average Bonchev–Trinajstić information content (AvgIpc) is 1.65. The van der Waals surface area contributed by atoms with Crippen molar-refractivity contribution in [1.82, 2.24) is 0 Å². The quantitative estimate of drug-likeness (QED) is 0.0516. The molecule has 11 nitrogen and oxygen atoms in total. The summed E-state index contributed by atoms with van der Waals surface area (Å²) in [5, 5.41) is 23.9. The molecule has 1 fully saturated rings. The first-order valence-electron chi connectivity index (χ1n) is 28.7. The van der Waals surface area contributed by atoms with Gasteiger partial charge in [-0.2, -0.15) is 34.9 Å². The fraction of sp³-hybridized carbons (Fsp3) is 0.205. The number of thiocarbonyl (C=S) groups is 10. The summed E-state index contributed by atoms with van der Waals surface area (Å²) in [6, 6.07) is 64.4. The van der Waals surface area contributed by atoms with E-state index in [1.165, 1.54) is 39.3 Å². The molecular weight excluding hydrogens is 1490 g/mol. The van der Waals surface area contributed by atoms with Gasteiger partial charge in [-0.1, -0.05) is 122 Å². The molecule has 1 saturated carbocycles. The Hall–Kier alpha value is -7.10. The molecule has 0 amide bonds. The van der Waals surface area contributed by atoms with Gasteiger partial charge in [-0.3, -0.25) is 0 Å². The molecule has 1 aliphatic carbocycles. The van der Waals surface area contributed by atoms with Crippen LogP contribution in [0.15, 0.2) is 265 Å². The fourth-order valence-corrected chi connectivity index (χ4v) is 8.97. The fourth-order valence-electron chi connectivity index (χ4n) is 6.27. The molecule has 0 aliphatic heterocycles. The number of isothiocyanates is 10. The van der Waals surface area contributed by atoms with Gasteiger partial charge in [0.1, 0.15) is 5.75 Å². The van der Waals surface area contributed by atoms with E-state index in [2.05, 4.69) is 238 Å². The highest BCUT2D eigenvalue weighted by Crippen LogP contribution is 2.27. The predicted molar refractivity (Wildman–Crippen MR) is 457 cm³/mol. The molecule has 1 aliphatic rings. The van der Waals surface area contributed by atoms with Gasteiger partial charge >= 0.3 is 0 Å². The number of aryl methyl sites for hydroxylation is 2. The highest BCUT2D eigenvalue weighted by molar-refractivity contribution is 7.99. The molecule has 502 valence electrons. The summed E-state index contributed by atoms with van der Waals surface area (Å²) in [4.78, 5) is 41.8. The third-order valence-corrected chi connectivity index (χ3v) is 14.7. The number of hydrogen-bond acceptors (Lipinski definition) is 24. The molecule has 0 bridgehead atoms. The Morgan fingerprint density at radius 3 is 1.27 bits per heavy atom. The predicted octanol–water partition coefficient (Wildman–Crippen LogP) is 26.2. The van der Waals surface area contributed by atoms with Gasteiger partial charge in [0.05, 0.1) is 117 Å². The number of rotatable bonds is 16. The molecule has 1 unspecified atom stereocenters. The van der Waals surface area contributed by atoms with Crippen molar-refractivity contribution in [3.8, 4) is 5.75 Å². The Morgan fingerprint density at radius 2 is 0.867 bits per heavy atom. The van der Waals surface area contributed by atoms with Crippen LogP contribution in [0.4, 0.5) is 39.8 Å². The summed E-state index contributed by atoms with van der Waals surface area (Å²) in [5.41, 5.74) is 9.47. The normalized spacial score (nSPS) is 9.62. The molecule has 0 aromatic heterocycles. The number of methoxy groups -OCH3 is 1. The Labute approximate surface area is 648 Å². The van der Waals surface area contributed by atoms with Gasteiger partial charge in [-0.25, -0.2) is 15.0 Å². The Kier molecular flexibility index (Phi) is 57.7. The molecule has 0 saturated heterocycles. The maximum atomic E-state index is 5.66. The van der Waals surface area contributed by atoms with Crippen LogP contribution >= 0.6 is 169 Å². The molecular formula is C73H69ClN10OS13. The number of aliphatic imine (C=N–C) groups is 10. The minimum atomic E-state index is 0.133. The maximum Gasteiger partial charge on any atom is 0.121 e. The number of halogens is 1. The highest BCUT2D eigenvalue weighted by atomic mass is 35.5. The smallest absolute Gasteiger partial charge is 0.121 e. The first kappa shape index (κ1) is 90.9. The van der Waals surface area contributed by atoms with Gasteiger partial charge in [0.25, 0.3) is 0 Å². The molecule has 0 N–H and O–H groups in total. The van der Waals surface area contributed by atoms with E-state index in [1.54, 1.807) is 60.6 Å². The van der Waals surface area contributed by atoms with Gasteiger partial charge in [0.2, 0.25) is 0 Å². The second-order valence-corrected chi connectivity index (χ2v) is 23.8. The van der Waals surface area contributed by atoms with Crippen molar-refractivity contribution < 1.29 is 4.74 Å². The van der Waals surface area contributed by atoms with Gasteiger partial charge < -0.3 is 4.74 Å². The van der Waals surface area contributed by atoms with E-state index in [-0.39, 0.29) is 6.04 Å². The topological polar surface area (TPSA) is 133 Å². The van der Waals surface area contributed by atoms with Crippen molar-refractivity contribution >= 4 is 260 Å². The lowest BCUT2D eigenvalue weighted by atomic mass is 10.1. The Balaban J connectivity index is 0.00000107. The minimum absolute atomic E-state index is 0.133. The van der Waals surface area contributed by atoms with Crippen molar-refractivity contribution in [3.63, 3.8) is 0 Å². The SMILES string of the molecule is CC(C)CN=C=S.CC(N=C=S)c1ccccc1.COc1cccc(N=C=S)c1.CSc1ccc(N=C=S)cc1.CSc1cccc(N=C=S)c1.CSc1ccccc1N=C=S.Cc1ccc(N=C=S)cc1.Cc1ccc(N=C=S)cc1.S=C=NC1CC1.S=C=Nc1cccc(Cl)c1. The number of hydrogen-bond donors (Lipinski definition) is 0. The van der Waals surface area contributed by atoms with E-state index >= 15 is 0 Å². The number of para-hydroxylation sites is 1. The second kappa shape index (κ2) is 62.2. The third-order valence-electron chi connectivity index (χ3n) is 11.2. The van der Waals surface area contributed by atoms with E-state index in [4.69, 9.17) is 16.3 Å². The van der Waals surface area contributed by atoms with Gasteiger partial charge in [-0.05, 0) is 295 Å². The van der Waals surface area contributed by atoms with Crippen molar-refractivity contribution in [1.29, 1.82) is 0 Å². The lowest BCUT2D eigenvalue weighted by Crippen LogP contribution is -1.89. The van der Waals surface area contributed by atoms with Crippen molar-refractivity contribution in [2.75, 3.05) is 32.4 Å². The van der Waals surface area contributed by atoms with E-state index in [0.717, 1.165) is 57.0 Å². The largest absolute Gasteiger partial charge is 0.497 e. The summed E-state index contributed by atoms with van der Waals surface area (Å²) in [5.74, 6) is 1.38. The molecule has 98 heavy (non-hydrogen) atoms. The molecule has 0 radical (unpaired) electrons. The maximum absolute atomic E-state index is 5.66. The summed E-state index contributed by atoms with van der Waals surface area (Å²) in [7, 11) is 1.61. The Bertz CT molecular complexity index is 4000. The van der Waals surface area contributed by atoms with E-state index in [1.807, 2.05) is 222 Å². The lowest BCUT2D eigenvalue weighted by Gasteiger charge is -2.02. The van der Waals surface area contributed by atoms with Gasteiger partial charge in [0, 0.05) is 25.8 Å². The average molecular weight is 1550 g/mol. The van der Waals surface area contributed by atoms with Crippen LogP contribution in [0.5, 0.6) is 5.75 Å². The molecule has 1 atom stereocenters. The molecule has 8 aromatic rings. The van der Waals surface area contributed by atoms with Crippen LogP contribution in [-0.4, -0.2) is 90.1 Å². The first-order chi connectivity index (χ1) is 47.5. The van der Waals surface area contributed by atoms with Crippen molar-refractivity contribution in [2.45, 2.75) is 74.2 Å². The van der Waals surface area contributed by atoms with Gasteiger partial charge in [0.15, 0.2) is 0 Å². The zero-order chi connectivity index (χ0) is 72.8. The van der Waals surface area contributed by atoms with Crippen LogP contribution < -0.4 is 4.74 Å². The van der Waals surface area contributed by atoms with Gasteiger partial charge in [-0.15, -0.1) is 35.3 Å². The number of nitrogens with zero attached hydrogens (tertiary/aromatic N) is 10. The summed E-state index contributed by atoms with van der Waals surface area (Å²) in [6.45, 7) is 11.1. The molecule has 0 spiro atoms. The van der Waals surface area contributed by atoms with Crippen LogP contribution in [0.1, 0.15) is 56.3 Å². The van der Waals surface area contributed by atoms with E-state index < -0.39 is 0 Å². The summed E-state index contributed by atoms with van der Waals surface area (Å²) >= 11 is 55.2. The standard InChI is InChI=1S/C9H9NS.C8H7NOS.3C8H7NS2.2C8H7NS.C7H4ClNS.C5H9NS.C4H5NS/c1-8(10-7-11)9-5-3-2-4-6-9;1-10-8-4-2-3-7(5-8)9-6-11;1-11-8-4-2-7(3-5-8)9-6-10;1-11-8-4-2-3-7(5-8)9-6-10;1-11-8-5-3-2-4-7(8)9-6-10;2*1-7-2-4-8(5-3-7)9-6-10;8-6-2-1-3-7(4-6)9-5-10;1-5(2)3-6-4-7;6-3-5-4-1-2-4/h2-6,8H,1H3;4*2-5H,1H3;2*2-5H,1H3;1-4H;5H,3H2,1-2H3;4H,1-2H2. The molecule has 0 heterocycles. The van der Waals surface area contributed by atoms with Crippen molar-refractivity contribution in [2.24, 2.45) is 55.8 Å². The van der Waals surface area contributed by atoms with Crippen LogP contribution in [0.25, 0.3) is 0 Å². The first-order valence-corrected chi connectivity index (χ1v) is 36.9. The third kappa shape index (κ3) is 49.4. The zero-order valence-corrected chi connectivity index (χ0v) is 66.3. The van der Waals surface area contributed by atoms with Crippen LogP contribution in [0.3, 0.4) is 0 Å². The van der Waals surface area contributed by atoms with Crippen molar-refractivity contribution in [3.05, 3.63) is 222 Å². The second-order valence-electron chi connectivity index (χ2n) is 18.9. The lowest BCUT2D eigenvalue weighted by molar-refractivity contribution is 0.415.